The van der Waals surface area contributed by atoms with E-state index >= 15 is 0 Å². The molecule has 2 saturated heterocycles. The minimum atomic E-state index is -0.598. The monoisotopic (exact) mass is 334 g/mol. The summed E-state index contributed by atoms with van der Waals surface area (Å²) in [5.41, 5.74) is 0.876. The van der Waals surface area contributed by atoms with Crippen molar-refractivity contribution in [2.45, 2.75) is 25.0 Å². The predicted octanol–water partition coefficient (Wildman–Crippen LogP) is 0.764. The molecule has 0 bridgehead atoms. The topological polar surface area (TPSA) is 68.3 Å². The molecule has 0 N–H and O–H groups in total. The molecule has 0 aliphatic carbocycles. The highest BCUT2D eigenvalue weighted by molar-refractivity contribution is 5.90. The molecule has 2 aliphatic heterocycles. The van der Waals surface area contributed by atoms with Gasteiger partial charge in [-0.15, -0.1) is 0 Å². The third kappa shape index (κ3) is 3.15. The average Bonchev–Trinajstić information content (AvgIpc) is 3.02. The lowest BCUT2D eigenvalue weighted by atomic mass is 10.1. The van der Waals surface area contributed by atoms with E-state index in [0.29, 0.717) is 13.1 Å². The molecule has 2 amide bonds. The van der Waals surface area contributed by atoms with Crippen LogP contribution < -0.4 is 0 Å². The van der Waals surface area contributed by atoms with E-state index < -0.39 is 18.6 Å². The molecule has 7 heteroatoms. The fourth-order valence-electron chi connectivity index (χ4n) is 3.16. The van der Waals surface area contributed by atoms with Crippen LogP contribution in [-0.2, 0) is 23.8 Å². The molecule has 0 unspecified atom stereocenters. The molecule has 1 aromatic carbocycles. The Morgan fingerprint density at radius 2 is 1.92 bits per heavy atom. The van der Waals surface area contributed by atoms with Gasteiger partial charge in [-0.1, -0.05) is 30.3 Å². The summed E-state index contributed by atoms with van der Waals surface area (Å²) in [6.07, 6.45) is -0.758. The number of carbonyl (C=O) groups excluding carboxylic acids is 2. The second-order valence-corrected chi connectivity index (χ2v) is 5.85. The van der Waals surface area contributed by atoms with Crippen molar-refractivity contribution in [2.24, 2.45) is 0 Å². The van der Waals surface area contributed by atoms with Gasteiger partial charge in [0.05, 0.1) is 13.2 Å². The predicted molar refractivity (Wildman–Crippen MR) is 84.8 cm³/mol. The number of nitrogens with zero attached hydrogens (tertiary/aromatic N) is 2. The van der Waals surface area contributed by atoms with Gasteiger partial charge in [0.25, 0.3) is 0 Å². The van der Waals surface area contributed by atoms with Gasteiger partial charge in [0.1, 0.15) is 6.04 Å². The Morgan fingerprint density at radius 3 is 2.58 bits per heavy atom. The molecule has 0 radical (unpaired) electrons. The first kappa shape index (κ1) is 16.9. The smallest absolute Gasteiger partial charge is 0.248 e. The lowest BCUT2D eigenvalue weighted by Crippen LogP contribution is -2.47. The van der Waals surface area contributed by atoms with Gasteiger partial charge in [0.2, 0.25) is 11.8 Å². The summed E-state index contributed by atoms with van der Waals surface area (Å²) in [7, 11) is 3.05. The molecule has 24 heavy (non-hydrogen) atoms. The molecule has 130 valence electrons. The van der Waals surface area contributed by atoms with Crippen LogP contribution in [-0.4, -0.2) is 67.9 Å². The molecule has 0 saturated carbocycles. The first-order valence-corrected chi connectivity index (χ1v) is 7.97. The van der Waals surface area contributed by atoms with Crippen molar-refractivity contribution >= 4 is 11.8 Å². The largest absolute Gasteiger partial charge is 0.354 e. The summed E-state index contributed by atoms with van der Waals surface area (Å²) in [5.74, 6) is -0.202. The Hall–Kier alpha value is -1.96. The summed E-state index contributed by atoms with van der Waals surface area (Å²) >= 11 is 0. The molecule has 0 aromatic heterocycles. The van der Waals surface area contributed by atoms with Crippen molar-refractivity contribution < 1.29 is 23.8 Å². The first-order valence-electron chi connectivity index (χ1n) is 7.97. The van der Waals surface area contributed by atoms with E-state index in [4.69, 9.17) is 14.2 Å². The van der Waals surface area contributed by atoms with Gasteiger partial charge in [-0.05, 0) is 0 Å². The fraction of sp³-hybridized carbons (Fsp3) is 0.529. The van der Waals surface area contributed by atoms with Gasteiger partial charge in [-0.3, -0.25) is 14.5 Å². The van der Waals surface area contributed by atoms with Gasteiger partial charge in [0, 0.05) is 32.7 Å². The molecule has 2 aliphatic rings. The van der Waals surface area contributed by atoms with E-state index in [-0.39, 0.29) is 24.8 Å². The molecule has 2 fully saturated rings. The summed E-state index contributed by atoms with van der Waals surface area (Å²) in [6.45, 7) is 0.847. The van der Waals surface area contributed by atoms with E-state index in [0.717, 1.165) is 5.56 Å². The Balaban J connectivity index is 1.81. The van der Waals surface area contributed by atoms with Crippen LogP contribution in [0.5, 0.6) is 0 Å². The minimum absolute atomic E-state index is 0.0754. The average molecular weight is 334 g/mol. The second-order valence-electron chi connectivity index (χ2n) is 5.85. The maximum absolute atomic E-state index is 12.9. The number of amides is 2. The third-order valence-electron chi connectivity index (χ3n) is 4.46. The van der Waals surface area contributed by atoms with Gasteiger partial charge >= 0.3 is 0 Å². The van der Waals surface area contributed by atoms with Crippen LogP contribution in [0.3, 0.4) is 0 Å². The minimum Gasteiger partial charge on any atom is -0.354 e. The van der Waals surface area contributed by atoms with Crippen LogP contribution in [0.4, 0.5) is 0 Å². The molecule has 1 aromatic rings. The van der Waals surface area contributed by atoms with Gasteiger partial charge in [-0.25, -0.2) is 0 Å². The van der Waals surface area contributed by atoms with E-state index in [1.165, 1.54) is 14.2 Å². The van der Waals surface area contributed by atoms with Crippen LogP contribution in [0.1, 0.15) is 18.2 Å². The molecule has 0 spiro atoms. The van der Waals surface area contributed by atoms with Crippen LogP contribution in [0, 0.1) is 0 Å². The zero-order valence-electron chi connectivity index (χ0n) is 13.9. The highest BCUT2D eigenvalue weighted by atomic mass is 16.7. The molecule has 7 nitrogen and oxygen atoms in total. The zero-order chi connectivity index (χ0) is 17.1. The first-order chi connectivity index (χ1) is 11.7. The van der Waals surface area contributed by atoms with Crippen LogP contribution in [0.2, 0.25) is 0 Å². The van der Waals surface area contributed by atoms with Gasteiger partial charge in [-0.2, -0.15) is 0 Å². The molecular weight excluding hydrogens is 312 g/mol. The lowest BCUT2D eigenvalue weighted by molar-refractivity contribution is -0.148. The summed E-state index contributed by atoms with van der Waals surface area (Å²) in [4.78, 5) is 28.7. The van der Waals surface area contributed by atoms with Crippen LogP contribution in [0.25, 0.3) is 0 Å². The van der Waals surface area contributed by atoms with E-state index in [1.54, 1.807) is 9.80 Å². The molecular formula is C17H22N2O5. The van der Waals surface area contributed by atoms with Gasteiger partial charge < -0.3 is 19.1 Å². The zero-order valence-corrected chi connectivity index (χ0v) is 13.9. The van der Waals surface area contributed by atoms with Gasteiger partial charge in [0.15, 0.2) is 12.5 Å². The molecule has 2 atom stereocenters. The quantitative estimate of drug-likeness (QED) is 0.744. The normalized spacial score (nSPS) is 24.5. The van der Waals surface area contributed by atoms with Crippen LogP contribution >= 0.6 is 0 Å². The van der Waals surface area contributed by atoms with Crippen molar-refractivity contribution in [2.75, 3.05) is 33.9 Å². The summed E-state index contributed by atoms with van der Waals surface area (Å²) in [5, 5.41) is 0. The number of benzene rings is 1. The molecule has 2 heterocycles. The van der Waals surface area contributed by atoms with Crippen molar-refractivity contribution in [1.29, 1.82) is 0 Å². The number of hydrogen-bond donors (Lipinski definition) is 0. The van der Waals surface area contributed by atoms with Crippen LogP contribution in [0.15, 0.2) is 30.3 Å². The Bertz CT molecular complexity index is 590. The highest BCUT2D eigenvalue weighted by Crippen LogP contribution is 2.33. The summed E-state index contributed by atoms with van der Waals surface area (Å²) < 4.78 is 16.1. The Kier molecular flexibility index (Phi) is 5.13. The SMILES string of the molecule is COC(CN1CCC(=O)N2[C@@H](c3ccccc3)OC[C@H]2C1=O)OC. The standard InChI is InChI=1S/C17H22N2O5/c1-22-15(23-2)10-18-9-8-14(20)19-13(16(18)21)11-24-17(19)12-6-4-3-5-7-12/h3-7,13,15,17H,8-11H2,1-2H3/t13-,17+/m0/s1. The maximum Gasteiger partial charge on any atom is 0.248 e. The van der Waals surface area contributed by atoms with Crippen molar-refractivity contribution in [1.82, 2.24) is 9.80 Å². The maximum atomic E-state index is 12.9. The second kappa shape index (κ2) is 7.29. The van der Waals surface area contributed by atoms with E-state index in [2.05, 4.69) is 0 Å². The lowest BCUT2D eigenvalue weighted by Gasteiger charge is -2.28. The number of ether oxygens (including phenoxy) is 3. The van der Waals surface area contributed by atoms with E-state index in [1.807, 2.05) is 30.3 Å². The third-order valence-corrected chi connectivity index (χ3v) is 4.46. The Morgan fingerprint density at radius 1 is 1.21 bits per heavy atom. The number of methoxy groups -OCH3 is 2. The highest BCUT2D eigenvalue weighted by Gasteiger charge is 2.46. The Labute approximate surface area is 141 Å². The van der Waals surface area contributed by atoms with Crippen molar-refractivity contribution in [3.63, 3.8) is 0 Å². The molecule has 3 rings (SSSR count). The number of fused-ring (bicyclic) bond motifs is 1. The fourth-order valence-corrected chi connectivity index (χ4v) is 3.16. The number of hydrogen-bond acceptors (Lipinski definition) is 5. The number of rotatable bonds is 5. The van der Waals surface area contributed by atoms with Crippen molar-refractivity contribution in [3.8, 4) is 0 Å². The van der Waals surface area contributed by atoms with Crippen molar-refractivity contribution in [3.05, 3.63) is 35.9 Å². The van der Waals surface area contributed by atoms with E-state index in [9.17, 15) is 9.59 Å². The summed E-state index contributed by atoms with van der Waals surface area (Å²) in [6, 6.07) is 8.90. The number of carbonyl (C=O) groups is 2.